The number of hydrogen-bond acceptors (Lipinski definition) is 2. The van der Waals surface area contributed by atoms with Crippen LogP contribution in [-0.2, 0) is 4.79 Å². The maximum Gasteiger partial charge on any atom is 0.387 e. The van der Waals surface area contributed by atoms with Crippen LogP contribution in [0.5, 0.6) is 0 Å². The summed E-state index contributed by atoms with van der Waals surface area (Å²) in [7, 11) is 0. The molecule has 0 spiro atoms. The van der Waals surface area contributed by atoms with Gasteiger partial charge in [0.15, 0.2) is 0 Å². The monoisotopic (exact) mass is 99.0 g/mol. The van der Waals surface area contributed by atoms with Crippen LogP contribution in [0.3, 0.4) is 0 Å². The van der Waals surface area contributed by atoms with E-state index in [0.717, 1.165) is 0 Å². The quantitative estimate of drug-likeness (QED) is 0.195. The first-order valence-electron chi connectivity index (χ1n) is 1.91. The van der Waals surface area contributed by atoms with E-state index >= 15 is 0 Å². The molecule has 2 nitrogen and oxygen atoms in total. The van der Waals surface area contributed by atoms with Crippen molar-refractivity contribution in [1.29, 1.82) is 0 Å². The number of ketones is 1. The molecule has 0 bridgehead atoms. The van der Waals surface area contributed by atoms with E-state index in [4.69, 9.17) is 0 Å². The first-order chi connectivity index (χ1) is 3.13. The van der Waals surface area contributed by atoms with Gasteiger partial charge in [0.25, 0.3) is 6.08 Å². The number of hydrogen-bond donors (Lipinski definition) is 0. The van der Waals surface area contributed by atoms with Gasteiger partial charge in [0.2, 0.25) is 0 Å². The lowest BCUT2D eigenvalue weighted by Gasteiger charge is -1.81. The van der Waals surface area contributed by atoms with Crippen molar-refractivity contribution in [3.8, 4) is 0 Å². The van der Waals surface area contributed by atoms with Crippen LogP contribution in [0.2, 0.25) is 0 Å². The molecule has 0 fully saturated rings. The fourth-order valence-electron chi connectivity index (χ4n) is 0.248. The molecule has 0 unspecified atom stereocenters. The Morgan fingerprint density at radius 3 is 2.00 bits per heavy atom. The van der Waals surface area contributed by atoms with E-state index in [1.165, 1.54) is 13.8 Å². The average Bonchev–Trinajstić information content (AvgIpc) is 1.27. The van der Waals surface area contributed by atoms with E-state index in [1.807, 2.05) is 6.08 Å². The van der Waals surface area contributed by atoms with Crippen molar-refractivity contribution in [2.24, 2.45) is 0 Å². The molecule has 0 aromatic carbocycles. The highest BCUT2D eigenvalue weighted by Gasteiger charge is 1.98. The third kappa shape index (κ3) is 5.12. The maximum absolute atomic E-state index is 9.92. The SMILES string of the molecule is CC(=O)[C+]=C([13CH3])[O-]. The highest BCUT2D eigenvalue weighted by Crippen LogP contribution is 1.75. The lowest BCUT2D eigenvalue weighted by Crippen LogP contribution is -2.00. The van der Waals surface area contributed by atoms with E-state index in [9.17, 15) is 9.90 Å². The molecule has 0 aliphatic carbocycles. The summed E-state index contributed by atoms with van der Waals surface area (Å²) < 4.78 is 0. The van der Waals surface area contributed by atoms with Crippen LogP contribution in [0.1, 0.15) is 13.8 Å². The van der Waals surface area contributed by atoms with Crippen molar-refractivity contribution < 1.29 is 9.90 Å². The summed E-state index contributed by atoms with van der Waals surface area (Å²) in [5, 5.41) is 9.92. The number of allylic oxidation sites excluding steroid dienone is 2. The second-order valence-corrected chi connectivity index (χ2v) is 1.24. The normalized spacial score (nSPS) is 10.3. The highest BCUT2D eigenvalue weighted by atomic mass is 16.3. The van der Waals surface area contributed by atoms with Crippen LogP contribution in [0, 0.1) is 6.08 Å². The largest absolute Gasteiger partial charge is 0.835 e. The molecule has 0 aliphatic rings. The van der Waals surface area contributed by atoms with Crippen molar-refractivity contribution in [2.45, 2.75) is 13.8 Å². The summed E-state index contributed by atoms with van der Waals surface area (Å²) in [4.78, 5) is 9.92. The van der Waals surface area contributed by atoms with Crippen molar-refractivity contribution in [1.82, 2.24) is 0 Å². The lowest BCUT2D eigenvalue weighted by molar-refractivity contribution is -0.302. The van der Waals surface area contributed by atoms with Gasteiger partial charge in [-0.3, -0.25) is 0 Å². The number of rotatable bonds is 1. The van der Waals surface area contributed by atoms with Gasteiger partial charge >= 0.3 is 5.78 Å². The predicted molar refractivity (Wildman–Crippen MR) is 23.1 cm³/mol. The molecule has 0 heterocycles. The number of carbonyl (C=O) groups is 1. The molecule has 38 valence electrons. The third-order valence-electron chi connectivity index (χ3n) is 0.352. The molecule has 0 saturated heterocycles. The Bertz CT molecular complexity index is 98.6. The molecular formula is C5H6O2. The molecule has 0 amide bonds. The fourth-order valence-corrected chi connectivity index (χ4v) is 0.248. The van der Waals surface area contributed by atoms with Crippen molar-refractivity contribution >= 4 is 5.78 Å². The number of Topliss-reactive ketones (excluding diaryl/α,β-unsaturated/α-hetero) is 1. The average molecular weight is 99.1 g/mol. The zero-order chi connectivity index (χ0) is 5.86. The molecule has 0 aromatic rings. The lowest BCUT2D eigenvalue weighted by atomic mass is 10.4. The minimum Gasteiger partial charge on any atom is -0.835 e. The smallest absolute Gasteiger partial charge is 0.387 e. The Balaban J connectivity index is 3.68. The van der Waals surface area contributed by atoms with Gasteiger partial charge in [-0.1, -0.05) is 0 Å². The van der Waals surface area contributed by atoms with E-state index < -0.39 is 0 Å². The van der Waals surface area contributed by atoms with Gasteiger partial charge in [0.05, 0.1) is 6.92 Å². The van der Waals surface area contributed by atoms with Crippen LogP contribution < -0.4 is 5.11 Å². The van der Waals surface area contributed by atoms with Gasteiger partial charge < -0.3 is 5.11 Å². The standard InChI is InChI=1S/C5H6O2/c1-4(6)3-5(2)7/h1-2H3/i1+1. The summed E-state index contributed by atoms with van der Waals surface area (Å²) in [5.41, 5.74) is 0. The fraction of sp³-hybridized carbons (Fsp3) is 0.400. The van der Waals surface area contributed by atoms with Gasteiger partial charge in [-0.15, -0.1) is 0 Å². The summed E-state index contributed by atoms with van der Waals surface area (Å²) in [5.74, 6) is -0.625. The predicted octanol–water partition coefficient (Wildman–Crippen LogP) is -0.357. The van der Waals surface area contributed by atoms with Crippen molar-refractivity contribution in [3.05, 3.63) is 11.8 Å². The van der Waals surface area contributed by atoms with E-state index in [2.05, 4.69) is 0 Å². The van der Waals surface area contributed by atoms with Crippen LogP contribution in [0.4, 0.5) is 0 Å². The second kappa shape index (κ2) is 2.32. The van der Waals surface area contributed by atoms with Crippen molar-refractivity contribution in [2.75, 3.05) is 0 Å². The molecule has 0 radical (unpaired) electrons. The first-order valence-corrected chi connectivity index (χ1v) is 1.91. The Morgan fingerprint density at radius 1 is 1.57 bits per heavy atom. The van der Waals surface area contributed by atoms with Crippen LogP contribution in [0.15, 0.2) is 5.76 Å². The van der Waals surface area contributed by atoms with E-state index in [-0.39, 0.29) is 11.5 Å². The minimum atomic E-state index is -0.312. The Kier molecular flexibility index (Phi) is 2.03. The zero-order valence-electron chi connectivity index (χ0n) is 4.32. The van der Waals surface area contributed by atoms with Gasteiger partial charge in [0, 0.05) is 0 Å². The van der Waals surface area contributed by atoms with Gasteiger partial charge in [-0.2, -0.15) is 0 Å². The van der Waals surface area contributed by atoms with E-state index in [0.29, 0.717) is 0 Å². The second-order valence-electron chi connectivity index (χ2n) is 1.24. The van der Waals surface area contributed by atoms with Gasteiger partial charge in [-0.05, 0) is 6.92 Å². The molecule has 0 saturated carbocycles. The van der Waals surface area contributed by atoms with E-state index in [1.54, 1.807) is 0 Å². The number of carbonyl (C=O) groups excluding carboxylic acids is 1. The summed E-state index contributed by atoms with van der Waals surface area (Å²) in [6.45, 7) is 2.59. The molecule has 0 aromatic heterocycles. The zero-order valence-corrected chi connectivity index (χ0v) is 4.32. The van der Waals surface area contributed by atoms with Gasteiger partial charge in [0.1, 0.15) is 5.76 Å². The molecule has 2 heteroatoms. The summed E-state index contributed by atoms with van der Waals surface area (Å²) in [6.07, 6.45) is 2.03. The van der Waals surface area contributed by atoms with Crippen LogP contribution in [-0.4, -0.2) is 5.78 Å². The molecule has 0 aliphatic heterocycles. The molecule has 7 heavy (non-hydrogen) atoms. The van der Waals surface area contributed by atoms with Gasteiger partial charge in [-0.25, -0.2) is 4.79 Å². The maximum atomic E-state index is 9.92. The minimum absolute atomic E-state index is 0.312. The molecule has 0 N–H and O–H groups in total. The molecular weight excluding hydrogens is 93.0 g/mol. The van der Waals surface area contributed by atoms with Crippen molar-refractivity contribution in [3.63, 3.8) is 0 Å². The molecule has 0 atom stereocenters. The Hall–Kier alpha value is -0.880. The first kappa shape index (κ1) is 6.12. The highest BCUT2D eigenvalue weighted by molar-refractivity contribution is 5.83. The summed E-state index contributed by atoms with van der Waals surface area (Å²) >= 11 is 0. The summed E-state index contributed by atoms with van der Waals surface area (Å²) in [6, 6.07) is 0. The third-order valence-corrected chi connectivity index (χ3v) is 0.352. The van der Waals surface area contributed by atoms with Crippen LogP contribution >= 0.6 is 0 Å². The topological polar surface area (TPSA) is 40.1 Å². The Morgan fingerprint density at radius 2 is 2.00 bits per heavy atom. The molecule has 0 rings (SSSR count). The Labute approximate surface area is 42.5 Å². The van der Waals surface area contributed by atoms with Crippen LogP contribution in [0.25, 0.3) is 0 Å².